The van der Waals surface area contributed by atoms with Crippen molar-refractivity contribution in [1.29, 1.82) is 0 Å². The molecule has 14 heavy (non-hydrogen) atoms. The van der Waals surface area contributed by atoms with Crippen molar-refractivity contribution < 1.29 is 9.49 Å². The highest BCUT2D eigenvalue weighted by molar-refractivity contribution is 5.74. The predicted octanol–water partition coefficient (Wildman–Crippen LogP) is 0.0878. The van der Waals surface area contributed by atoms with Gasteiger partial charge in [0, 0.05) is 6.07 Å². The van der Waals surface area contributed by atoms with Crippen LogP contribution in [0.4, 0.5) is 5.69 Å². The summed E-state index contributed by atoms with van der Waals surface area (Å²) in [6.07, 6.45) is 1.66. The Morgan fingerprint density at radius 3 is 2.93 bits per heavy atom. The van der Waals surface area contributed by atoms with Crippen LogP contribution in [0.5, 0.6) is 0 Å². The Balaban J connectivity index is 2.77. The molecule has 0 aliphatic carbocycles. The maximum Gasteiger partial charge on any atom is 0.274 e. The first-order valence-corrected chi connectivity index (χ1v) is 4.00. The molecule has 0 aliphatic rings. The van der Waals surface area contributed by atoms with Gasteiger partial charge in [-0.3, -0.25) is 16.0 Å². The first-order chi connectivity index (χ1) is 6.59. The molecule has 0 radical (unpaired) electrons. The van der Waals surface area contributed by atoms with E-state index >= 15 is 0 Å². The first-order valence-electron chi connectivity index (χ1n) is 4.00. The number of non-ortho nitro benzene ring substituents is 1. The number of hydrogen-bond donors (Lipinski definition) is 1. The number of nitrogens with two attached hydrogens (primary N) is 1. The molecule has 2 rings (SSSR count). The number of aromatic nitrogens is 2. The minimum atomic E-state index is -0.423. The van der Waals surface area contributed by atoms with Gasteiger partial charge >= 0.3 is 0 Å². The summed E-state index contributed by atoms with van der Waals surface area (Å²) < 4.78 is 3.17. The monoisotopic (exact) mass is 193 g/mol. The van der Waals surface area contributed by atoms with Crippen molar-refractivity contribution in [2.45, 2.75) is 0 Å². The summed E-state index contributed by atoms with van der Waals surface area (Å²) in [4.78, 5) is 10.1. The molecule has 0 aliphatic heterocycles. The molecule has 0 amide bonds. The van der Waals surface area contributed by atoms with Gasteiger partial charge in [0.1, 0.15) is 0 Å². The third kappa shape index (κ3) is 1.08. The average Bonchev–Trinajstić information content (AvgIpc) is 2.42. The molecule has 0 spiro atoms. The van der Waals surface area contributed by atoms with Gasteiger partial charge in [-0.25, -0.2) is 4.57 Å². The van der Waals surface area contributed by atoms with Crippen LogP contribution in [-0.2, 0) is 7.05 Å². The highest BCUT2D eigenvalue weighted by Gasteiger charge is 2.15. The lowest BCUT2D eigenvalue weighted by Crippen LogP contribution is -2.26. The van der Waals surface area contributed by atoms with Gasteiger partial charge in [-0.1, -0.05) is 0 Å². The van der Waals surface area contributed by atoms with E-state index in [4.69, 9.17) is 5.84 Å². The largest absolute Gasteiger partial charge is 0.274 e. The van der Waals surface area contributed by atoms with Crippen molar-refractivity contribution in [2.24, 2.45) is 7.05 Å². The molecule has 0 unspecified atom stereocenters. The Morgan fingerprint density at radius 2 is 2.29 bits per heavy atom. The van der Waals surface area contributed by atoms with Crippen molar-refractivity contribution >= 4 is 16.7 Å². The van der Waals surface area contributed by atoms with Gasteiger partial charge in [0.2, 0.25) is 0 Å². The molecule has 0 fully saturated rings. The minimum Gasteiger partial charge on any atom is -0.269 e. The van der Waals surface area contributed by atoms with Crippen LogP contribution in [0.25, 0.3) is 11.0 Å². The SMILES string of the molecule is C[n+]1cn(N)c2ccc([N+](=O)[O-])cc21. The Labute approximate surface area is 79.3 Å². The lowest BCUT2D eigenvalue weighted by atomic mass is 10.3. The standard InChI is InChI=1S/C8H9N4O2/c1-10-5-11(9)7-3-2-6(12(13)14)4-8(7)10/h2-5H,9H2,1H3/q+1. The van der Waals surface area contributed by atoms with Gasteiger partial charge < -0.3 is 0 Å². The predicted molar refractivity (Wildman–Crippen MR) is 49.9 cm³/mol. The Morgan fingerprint density at radius 1 is 1.57 bits per heavy atom. The summed E-state index contributed by atoms with van der Waals surface area (Å²) in [7, 11) is 1.79. The van der Waals surface area contributed by atoms with E-state index in [1.807, 2.05) is 0 Å². The number of aryl methyl sites for hydroxylation is 1. The molecule has 0 saturated heterocycles. The quantitative estimate of drug-likeness (QED) is 0.301. The van der Waals surface area contributed by atoms with Gasteiger partial charge in [0.15, 0.2) is 11.0 Å². The van der Waals surface area contributed by atoms with E-state index in [0.29, 0.717) is 0 Å². The molecule has 6 heteroatoms. The number of fused-ring (bicyclic) bond motifs is 1. The molecule has 1 heterocycles. The number of benzene rings is 1. The lowest BCUT2D eigenvalue weighted by molar-refractivity contribution is -0.645. The molecule has 1 aromatic heterocycles. The molecule has 0 saturated carbocycles. The second-order valence-corrected chi connectivity index (χ2v) is 3.06. The average molecular weight is 193 g/mol. The van der Waals surface area contributed by atoms with E-state index in [9.17, 15) is 10.1 Å². The van der Waals surface area contributed by atoms with Crippen molar-refractivity contribution in [1.82, 2.24) is 4.68 Å². The summed E-state index contributed by atoms with van der Waals surface area (Å²) in [5.74, 6) is 5.63. The fourth-order valence-corrected chi connectivity index (χ4v) is 1.44. The van der Waals surface area contributed by atoms with E-state index in [2.05, 4.69) is 0 Å². The zero-order valence-electron chi connectivity index (χ0n) is 7.54. The summed E-state index contributed by atoms with van der Waals surface area (Å²) >= 11 is 0. The Kier molecular flexibility index (Phi) is 1.63. The van der Waals surface area contributed by atoms with Gasteiger partial charge in [-0.15, -0.1) is 4.68 Å². The van der Waals surface area contributed by atoms with Crippen molar-refractivity contribution in [2.75, 3.05) is 5.84 Å². The number of nitrogens with zero attached hydrogens (tertiary/aromatic N) is 3. The van der Waals surface area contributed by atoms with Gasteiger partial charge in [0.25, 0.3) is 12.0 Å². The molecule has 2 N–H and O–H groups in total. The molecule has 72 valence electrons. The van der Waals surface area contributed by atoms with Crippen LogP contribution in [0.1, 0.15) is 0 Å². The number of rotatable bonds is 1. The van der Waals surface area contributed by atoms with Crippen LogP contribution in [0.3, 0.4) is 0 Å². The number of nitro benzene ring substituents is 1. The zero-order chi connectivity index (χ0) is 10.3. The lowest BCUT2D eigenvalue weighted by Gasteiger charge is -1.90. The van der Waals surface area contributed by atoms with E-state index < -0.39 is 4.92 Å². The molecular weight excluding hydrogens is 184 g/mol. The third-order valence-electron chi connectivity index (χ3n) is 2.13. The van der Waals surface area contributed by atoms with E-state index in [0.717, 1.165) is 11.0 Å². The maximum absolute atomic E-state index is 10.5. The molecule has 1 aromatic carbocycles. The first kappa shape index (κ1) is 8.49. The summed E-state index contributed by atoms with van der Waals surface area (Å²) in [5.41, 5.74) is 1.57. The van der Waals surface area contributed by atoms with Crippen LogP contribution in [-0.4, -0.2) is 9.60 Å². The minimum absolute atomic E-state index is 0.0688. The maximum atomic E-state index is 10.5. The molecular formula is C8H9N4O2+. The number of imidazole rings is 1. The Hall–Kier alpha value is -2.11. The van der Waals surface area contributed by atoms with Crippen LogP contribution in [0, 0.1) is 10.1 Å². The van der Waals surface area contributed by atoms with E-state index in [-0.39, 0.29) is 5.69 Å². The summed E-state index contributed by atoms with van der Waals surface area (Å²) in [5, 5.41) is 10.5. The fraction of sp³-hybridized carbons (Fsp3) is 0.125. The van der Waals surface area contributed by atoms with Crippen LogP contribution < -0.4 is 10.4 Å². The smallest absolute Gasteiger partial charge is 0.269 e. The van der Waals surface area contributed by atoms with E-state index in [1.54, 1.807) is 24.0 Å². The number of nitrogen functional groups attached to an aromatic ring is 1. The fourth-order valence-electron chi connectivity index (χ4n) is 1.44. The van der Waals surface area contributed by atoms with Gasteiger partial charge in [-0.05, 0) is 6.07 Å². The second-order valence-electron chi connectivity index (χ2n) is 3.06. The third-order valence-corrected chi connectivity index (χ3v) is 2.13. The highest BCUT2D eigenvalue weighted by Crippen LogP contribution is 2.16. The second kappa shape index (κ2) is 2.69. The van der Waals surface area contributed by atoms with Crippen molar-refractivity contribution in [3.8, 4) is 0 Å². The van der Waals surface area contributed by atoms with Crippen LogP contribution in [0.2, 0.25) is 0 Å². The Bertz CT molecular complexity index is 517. The summed E-state index contributed by atoms with van der Waals surface area (Å²) in [6.45, 7) is 0. The number of hydrogen-bond acceptors (Lipinski definition) is 3. The molecule has 6 nitrogen and oxygen atoms in total. The van der Waals surface area contributed by atoms with Crippen LogP contribution in [0.15, 0.2) is 24.5 Å². The number of nitro groups is 1. The van der Waals surface area contributed by atoms with Crippen molar-refractivity contribution in [3.05, 3.63) is 34.6 Å². The van der Waals surface area contributed by atoms with Crippen molar-refractivity contribution in [3.63, 3.8) is 0 Å². The van der Waals surface area contributed by atoms with E-state index in [1.165, 1.54) is 16.8 Å². The molecule has 0 bridgehead atoms. The topological polar surface area (TPSA) is 78.0 Å². The summed E-state index contributed by atoms with van der Waals surface area (Å²) in [6, 6.07) is 4.57. The molecule has 0 atom stereocenters. The van der Waals surface area contributed by atoms with Gasteiger partial charge in [-0.2, -0.15) is 0 Å². The van der Waals surface area contributed by atoms with Gasteiger partial charge in [0.05, 0.1) is 18.0 Å². The van der Waals surface area contributed by atoms with Crippen LogP contribution >= 0.6 is 0 Å². The highest BCUT2D eigenvalue weighted by atomic mass is 16.6. The zero-order valence-corrected chi connectivity index (χ0v) is 7.54. The molecule has 2 aromatic rings. The normalized spacial score (nSPS) is 10.6.